The van der Waals surface area contributed by atoms with Gasteiger partial charge < -0.3 is 5.32 Å². The molecule has 9 heteroatoms. The molecule has 0 bridgehead atoms. The molecule has 0 fully saturated rings. The Hall–Kier alpha value is -2.26. The molecule has 0 saturated heterocycles. The van der Waals surface area contributed by atoms with Gasteiger partial charge in [0.05, 0.1) is 21.7 Å². The lowest BCUT2D eigenvalue weighted by Crippen LogP contribution is -2.15. The van der Waals surface area contributed by atoms with E-state index in [-0.39, 0.29) is 22.0 Å². The van der Waals surface area contributed by atoms with Crippen molar-refractivity contribution in [1.29, 1.82) is 0 Å². The predicted octanol–water partition coefficient (Wildman–Crippen LogP) is 3.28. The van der Waals surface area contributed by atoms with Crippen LogP contribution >= 0.6 is 15.9 Å². The second-order valence-corrected chi connectivity index (χ2v) is 8.44. The van der Waals surface area contributed by atoms with Crippen molar-refractivity contribution in [2.75, 3.05) is 11.1 Å². The van der Waals surface area contributed by atoms with E-state index in [0.29, 0.717) is 0 Å². The van der Waals surface area contributed by atoms with E-state index >= 15 is 0 Å². The lowest BCUT2D eigenvalue weighted by molar-refractivity contribution is 0.102. The van der Waals surface area contributed by atoms with Crippen LogP contribution in [0, 0.1) is 5.82 Å². The Bertz CT molecular complexity index is 1080. The molecule has 0 aliphatic carbocycles. The third-order valence-corrected chi connectivity index (χ3v) is 5.79. The molecule has 1 amide bonds. The average Bonchev–Trinajstić information content (AvgIpc) is 2.96. The largest absolute Gasteiger partial charge is 0.305 e. The summed E-state index contributed by atoms with van der Waals surface area (Å²) >= 11 is 3.32. The number of amides is 1. The Labute approximate surface area is 151 Å². The van der Waals surface area contributed by atoms with E-state index in [9.17, 15) is 17.6 Å². The second-order valence-electron chi connectivity index (χ2n) is 5.25. The minimum absolute atomic E-state index is 0.0968. The topological polar surface area (TPSA) is 80.5 Å². The van der Waals surface area contributed by atoms with Crippen LogP contribution in [0.2, 0.25) is 0 Å². The number of carbonyl (C=O) groups excluding carboxylic acids is 1. The summed E-state index contributed by atoms with van der Waals surface area (Å²) < 4.78 is 40.2. The van der Waals surface area contributed by atoms with Crippen molar-refractivity contribution >= 4 is 43.0 Å². The molecular formula is C16H13BrFN3O3S. The number of aromatic nitrogens is 2. The Balaban J connectivity index is 1.93. The molecule has 2 heterocycles. The molecule has 1 aromatic carbocycles. The highest BCUT2D eigenvalue weighted by atomic mass is 79.9. The molecule has 130 valence electrons. The van der Waals surface area contributed by atoms with Crippen LogP contribution in [0.3, 0.4) is 0 Å². The number of rotatable bonds is 4. The first-order valence-electron chi connectivity index (χ1n) is 7.29. The number of benzene rings is 1. The van der Waals surface area contributed by atoms with Gasteiger partial charge in [0.1, 0.15) is 5.82 Å². The van der Waals surface area contributed by atoms with Crippen molar-refractivity contribution in [2.45, 2.75) is 11.8 Å². The maximum absolute atomic E-state index is 14.0. The van der Waals surface area contributed by atoms with Crippen LogP contribution in [0.15, 0.2) is 52.0 Å². The highest BCUT2D eigenvalue weighted by Gasteiger charge is 2.19. The van der Waals surface area contributed by atoms with Crippen molar-refractivity contribution in [3.8, 4) is 0 Å². The fourth-order valence-corrected chi connectivity index (χ4v) is 3.48. The Morgan fingerprint density at radius 1 is 1.28 bits per heavy atom. The van der Waals surface area contributed by atoms with E-state index in [1.807, 2.05) is 6.07 Å². The van der Waals surface area contributed by atoms with Crippen LogP contribution < -0.4 is 5.32 Å². The summed E-state index contributed by atoms with van der Waals surface area (Å²) in [5.41, 5.74) is 0.383. The van der Waals surface area contributed by atoms with Gasteiger partial charge in [0.2, 0.25) is 0 Å². The molecule has 0 spiro atoms. The second kappa shape index (κ2) is 6.57. The summed E-state index contributed by atoms with van der Waals surface area (Å²) in [6.07, 6.45) is 1.71. The SMILES string of the molecule is CCS(=O)(=O)c1ccc(F)c(C(=O)Nc2cc3ccc(Br)cn3n2)c1. The van der Waals surface area contributed by atoms with E-state index in [1.165, 1.54) is 6.92 Å². The third-order valence-electron chi connectivity index (χ3n) is 3.59. The van der Waals surface area contributed by atoms with Gasteiger partial charge in [0.15, 0.2) is 15.7 Å². The molecule has 0 unspecified atom stereocenters. The summed E-state index contributed by atoms with van der Waals surface area (Å²) in [4.78, 5) is 12.2. The average molecular weight is 426 g/mol. The first-order chi connectivity index (χ1) is 11.8. The zero-order chi connectivity index (χ0) is 18.2. The molecule has 0 atom stereocenters. The van der Waals surface area contributed by atoms with E-state index in [1.54, 1.807) is 22.8 Å². The summed E-state index contributed by atoms with van der Waals surface area (Å²) in [6.45, 7) is 1.48. The Kier molecular flexibility index (Phi) is 4.61. The van der Waals surface area contributed by atoms with E-state index < -0.39 is 21.6 Å². The van der Waals surface area contributed by atoms with Crippen LogP contribution in [-0.4, -0.2) is 29.7 Å². The number of hydrogen-bond donors (Lipinski definition) is 1. The lowest BCUT2D eigenvalue weighted by Gasteiger charge is -2.06. The van der Waals surface area contributed by atoms with Crippen molar-refractivity contribution in [2.24, 2.45) is 0 Å². The van der Waals surface area contributed by atoms with Gasteiger partial charge in [-0.25, -0.2) is 17.3 Å². The van der Waals surface area contributed by atoms with Gasteiger partial charge in [-0.15, -0.1) is 5.10 Å². The zero-order valence-electron chi connectivity index (χ0n) is 13.0. The highest BCUT2D eigenvalue weighted by Crippen LogP contribution is 2.19. The summed E-state index contributed by atoms with van der Waals surface area (Å²) in [7, 11) is -3.54. The maximum atomic E-state index is 14.0. The van der Waals surface area contributed by atoms with Crippen LogP contribution in [0.25, 0.3) is 5.52 Å². The van der Waals surface area contributed by atoms with Crippen molar-refractivity contribution in [3.05, 3.63) is 58.4 Å². The van der Waals surface area contributed by atoms with Crippen LogP contribution in [0.5, 0.6) is 0 Å². The van der Waals surface area contributed by atoms with Gasteiger partial charge in [-0.3, -0.25) is 4.79 Å². The molecule has 3 rings (SSSR count). The number of sulfone groups is 1. The Morgan fingerprint density at radius 3 is 2.76 bits per heavy atom. The monoisotopic (exact) mass is 425 g/mol. The number of nitrogens with zero attached hydrogens (tertiary/aromatic N) is 2. The molecule has 3 aromatic rings. The predicted molar refractivity (Wildman–Crippen MR) is 95.0 cm³/mol. The lowest BCUT2D eigenvalue weighted by atomic mass is 10.2. The molecule has 0 aliphatic heterocycles. The van der Waals surface area contributed by atoms with Crippen molar-refractivity contribution in [3.63, 3.8) is 0 Å². The van der Waals surface area contributed by atoms with E-state index in [2.05, 4.69) is 26.3 Å². The quantitative estimate of drug-likeness (QED) is 0.650. The van der Waals surface area contributed by atoms with Gasteiger partial charge in [-0.1, -0.05) is 6.92 Å². The smallest absolute Gasteiger partial charge is 0.259 e. The van der Waals surface area contributed by atoms with Crippen LogP contribution in [0.4, 0.5) is 10.2 Å². The molecule has 6 nitrogen and oxygen atoms in total. The van der Waals surface area contributed by atoms with E-state index in [4.69, 9.17) is 0 Å². The number of hydrogen-bond acceptors (Lipinski definition) is 4. The molecule has 1 N–H and O–H groups in total. The van der Waals surface area contributed by atoms with E-state index in [0.717, 1.165) is 28.2 Å². The first kappa shape index (κ1) is 17.6. The summed E-state index contributed by atoms with van der Waals surface area (Å²) in [5.74, 6) is -1.49. The number of nitrogens with one attached hydrogen (secondary N) is 1. The minimum atomic E-state index is -3.54. The fraction of sp³-hybridized carbons (Fsp3) is 0.125. The third kappa shape index (κ3) is 3.57. The zero-order valence-corrected chi connectivity index (χ0v) is 15.4. The fourth-order valence-electron chi connectivity index (χ4n) is 2.24. The standard InChI is InChI=1S/C16H13BrFN3O3S/c1-2-25(23,24)12-5-6-14(18)13(8-12)16(22)19-15-7-11-4-3-10(17)9-21(11)20-15/h3-9H,2H2,1H3,(H,19,20,22). The molecule has 0 saturated carbocycles. The number of halogens is 2. The molecule has 25 heavy (non-hydrogen) atoms. The summed E-state index contributed by atoms with van der Waals surface area (Å²) in [5, 5.41) is 6.65. The molecule has 0 radical (unpaired) electrons. The number of fused-ring (bicyclic) bond motifs is 1. The van der Waals surface area contributed by atoms with Crippen LogP contribution in [0.1, 0.15) is 17.3 Å². The molecular weight excluding hydrogens is 413 g/mol. The van der Waals surface area contributed by atoms with Gasteiger partial charge in [-0.2, -0.15) is 0 Å². The molecule has 2 aromatic heterocycles. The van der Waals surface area contributed by atoms with Crippen LogP contribution in [-0.2, 0) is 9.84 Å². The first-order valence-corrected chi connectivity index (χ1v) is 9.73. The molecule has 0 aliphatic rings. The summed E-state index contributed by atoms with van der Waals surface area (Å²) in [6, 6.07) is 8.39. The Morgan fingerprint density at radius 2 is 2.04 bits per heavy atom. The normalized spacial score (nSPS) is 11.6. The number of carbonyl (C=O) groups is 1. The van der Waals surface area contributed by atoms with Gasteiger partial charge >= 0.3 is 0 Å². The van der Waals surface area contributed by atoms with Gasteiger partial charge in [0.25, 0.3) is 5.91 Å². The van der Waals surface area contributed by atoms with Crippen molar-refractivity contribution in [1.82, 2.24) is 9.61 Å². The maximum Gasteiger partial charge on any atom is 0.259 e. The highest BCUT2D eigenvalue weighted by molar-refractivity contribution is 9.10. The number of anilines is 1. The number of pyridine rings is 1. The minimum Gasteiger partial charge on any atom is -0.305 e. The van der Waals surface area contributed by atoms with Gasteiger partial charge in [-0.05, 0) is 46.3 Å². The van der Waals surface area contributed by atoms with Crippen molar-refractivity contribution < 1.29 is 17.6 Å². The van der Waals surface area contributed by atoms with Gasteiger partial charge in [0, 0.05) is 16.7 Å².